The molecule has 0 aliphatic carbocycles. The maximum Gasteiger partial charge on any atom is 0.301 e. The molecule has 1 unspecified atom stereocenters. The number of pyridine rings is 1. The fourth-order valence-electron chi connectivity index (χ4n) is 5.47. The van der Waals surface area contributed by atoms with Crippen molar-refractivity contribution in [3.63, 3.8) is 0 Å². The number of anilines is 1. The van der Waals surface area contributed by atoms with E-state index in [0.29, 0.717) is 68.9 Å². The van der Waals surface area contributed by atoms with Gasteiger partial charge in [0.15, 0.2) is 21.6 Å². The summed E-state index contributed by atoms with van der Waals surface area (Å²) in [6, 6.07) is 16.0. The predicted molar refractivity (Wildman–Crippen MR) is 183 cm³/mol. The van der Waals surface area contributed by atoms with E-state index in [1.807, 2.05) is 13.0 Å². The smallest absolute Gasteiger partial charge is 0.301 e. The molecule has 1 fully saturated rings. The number of ketones is 1. The van der Waals surface area contributed by atoms with Crippen LogP contribution >= 0.6 is 23.1 Å². The van der Waals surface area contributed by atoms with E-state index in [2.05, 4.69) is 29.0 Å². The van der Waals surface area contributed by atoms with Crippen LogP contribution in [0.25, 0.3) is 11.4 Å². The summed E-state index contributed by atoms with van der Waals surface area (Å²) < 4.78 is 28.4. The van der Waals surface area contributed by atoms with Gasteiger partial charge in [0.1, 0.15) is 17.2 Å². The third-order valence-electron chi connectivity index (χ3n) is 7.82. The molecule has 48 heavy (non-hydrogen) atoms. The van der Waals surface area contributed by atoms with Crippen LogP contribution in [0.3, 0.4) is 0 Å². The number of amides is 1. The molecule has 248 valence electrons. The average Bonchev–Trinajstić information content (AvgIpc) is 3.74. The van der Waals surface area contributed by atoms with Crippen molar-refractivity contribution in [3.8, 4) is 11.5 Å². The number of halogens is 1. The Morgan fingerprint density at radius 1 is 1.06 bits per heavy atom. The van der Waals surface area contributed by atoms with Crippen LogP contribution in [0.4, 0.5) is 9.52 Å². The van der Waals surface area contributed by atoms with Crippen molar-refractivity contribution in [2.24, 2.45) is 5.92 Å². The highest BCUT2D eigenvalue weighted by Crippen LogP contribution is 2.46. The number of aromatic nitrogens is 4. The molecule has 6 rings (SSSR count). The molecule has 10 nitrogen and oxygen atoms in total. The number of hydrogen-bond acceptors (Lipinski definition) is 10. The zero-order valence-corrected chi connectivity index (χ0v) is 28.5. The molecular weight excluding hydrogens is 654 g/mol. The first-order valence-corrected chi connectivity index (χ1v) is 17.3. The van der Waals surface area contributed by atoms with Gasteiger partial charge < -0.3 is 14.6 Å². The molecular formula is C35H34FN5O5S2. The Bertz CT molecular complexity index is 2020. The van der Waals surface area contributed by atoms with Gasteiger partial charge in [0.05, 0.1) is 30.5 Å². The quantitative estimate of drug-likeness (QED) is 0.0471. The zero-order chi connectivity index (χ0) is 33.9. The number of fused-ring (bicyclic) bond motifs is 1. The van der Waals surface area contributed by atoms with E-state index in [4.69, 9.17) is 9.47 Å². The molecule has 0 radical (unpaired) electrons. The van der Waals surface area contributed by atoms with Crippen molar-refractivity contribution in [3.05, 3.63) is 101 Å². The minimum Gasteiger partial charge on any atom is -0.505 e. The fraction of sp³-hybridized carbons (Fsp3) is 0.286. The van der Waals surface area contributed by atoms with Crippen LogP contribution in [-0.4, -0.2) is 49.6 Å². The monoisotopic (exact) mass is 687 g/mol. The first kappa shape index (κ1) is 33.2. The lowest BCUT2D eigenvalue weighted by molar-refractivity contribution is -0.132. The Hall–Kier alpha value is -4.75. The van der Waals surface area contributed by atoms with Crippen LogP contribution in [0.1, 0.15) is 55.7 Å². The maximum atomic E-state index is 14.3. The van der Waals surface area contributed by atoms with Gasteiger partial charge in [-0.3, -0.25) is 18.9 Å². The summed E-state index contributed by atoms with van der Waals surface area (Å²) in [4.78, 5) is 33.6. The zero-order valence-electron chi connectivity index (χ0n) is 26.8. The fourth-order valence-corrected chi connectivity index (χ4v) is 7.33. The van der Waals surface area contributed by atoms with Crippen LogP contribution in [0, 0.1) is 18.7 Å². The van der Waals surface area contributed by atoms with Gasteiger partial charge in [-0.2, -0.15) is 0 Å². The number of aliphatic hydroxyl groups is 1. The van der Waals surface area contributed by atoms with Crippen molar-refractivity contribution >= 4 is 51.3 Å². The Morgan fingerprint density at radius 2 is 1.85 bits per heavy atom. The Labute approximate surface area is 285 Å². The molecule has 0 spiro atoms. The van der Waals surface area contributed by atoms with Crippen molar-refractivity contribution in [2.45, 2.75) is 50.3 Å². The minimum atomic E-state index is -1.08. The van der Waals surface area contributed by atoms with Gasteiger partial charge in [-0.15, -0.1) is 10.2 Å². The van der Waals surface area contributed by atoms with E-state index in [9.17, 15) is 19.1 Å². The largest absolute Gasteiger partial charge is 0.505 e. The number of benzene rings is 2. The summed E-state index contributed by atoms with van der Waals surface area (Å²) in [7, 11) is 0. The van der Waals surface area contributed by atoms with Gasteiger partial charge in [0.25, 0.3) is 5.78 Å². The van der Waals surface area contributed by atoms with Crippen LogP contribution < -0.4 is 14.4 Å². The van der Waals surface area contributed by atoms with E-state index in [1.54, 1.807) is 66.1 Å². The number of nitrogens with zero attached hydrogens (tertiary/aromatic N) is 5. The third-order valence-corrected chi connectivity index (χ3v) is 9.92. The number of ether oxygens (including phenoxy) is 2. The third kappa shape index (κ3) is 6.52. The number of Topliss-reactive ketones (excluding diaryl/α,β-unsaturated/α-hetero) is 1. The highest BCUT2D eigenvalue weighted by Gasteiger charge is 2.49. The van der Waals surface area contributed by atoms with E-state index < -0.39 is 17.7 Å². The first-order valence-electron chi connectivity index (χ1n) is 15.5. The summed E-state index contributed by atoms with van der Waals surface area (Å²) in [5.41, 5.74) is 2.23. The standard InChI is InChI=1S/C35H34FN5O5S2/c1-5-45-26-18-22(13-14-25(26)46-17-15-20(2)3)30-28(31(42)29-21(4)37-27-12-8-9-16-40(27)29)32(43)33(44)41(30)34-38-39-35(48-34)47-19-23-10-6-7-11-24(23)36/h6-14,16,18,20,30,42H,5,15,17,19H2,1-4H3. The predicted octanol–water partition coefficient (Wildman–Crippen LogP) is 7.38. The highest BCUT2D eigenvalue weighted by atomic mass is 32.2. The molecule has 0 bridgehead atoms. The first-order chi connectivity index (χ1) is 23.2. The van der Waals surface area contributed by atoms with Gasteiger partial charge in [-0.05, 0) is 67.6 Å². The average molecular weight is 688 g/mol. The minimum absolute atomic E-state index is 0.125. The Morgan fingerprint density at radius 3 is 2.62 bits per heavy atom. The lowest BCUT2D eigenvalue weighted by Gasteiger charge is -2.24. The summed E-state index contributed by atoms with van der Waals surface area (Å²) in [6.45, 7) is 8.65. The maximum absolute atomic E-state index is 14.3. The van der Waals surface area contributed by atoms with Gasteiger partial charge >= 0.3 is 5.91 Å². The summed E-state index contributed by atoms with van der Waals surface area (Å²) in [5, 5.41) is 20.6. The normalized spacial score (nSPS) is 16.0. The lowest BCUT2D eigenvalue weighted by Crippen LogP contribution is -2.29. The van der Waals surface area contributed by atoms with Gasteiger partial charge in [-0.25, -0.2) is 9.37 Å². The summed E-state index contributed by atoms with van der Waals surface area (Å²) in [5.74, 6) is -0.737. The summed E-state index contributed by atoms with van der Waals surface area (Å²) >= 11 is 2.37. The molecule has 4 heterocycles. The number of thioether (sulfide) groups is 1. The van der Waals surface area contributed by atoms with Crippen molar-refractivity contribution in [1.29, 1.82) is 0 Å². The molecule has 0 saturated carbocycles. The second kappa shape index (κ2) is 14.2. The number of rotatable bonds is 12. The summed E-state index contributed by atoms with van der Waals surface area (Å²) in [6.07, 6.45) is 2.58. The van der Waals surface area contributed by atoms with E-state index in [0.717, 1.165) is 17.8 Å². The molecule has 13 heteroatoms. The number of imidazole rings is 1. The van der Waals surface area contributed by atoms with Crippen LogP contribution in [0.5, 0.6) is 11.5 Å². The molecule has 3 aromatic heterocycles. The topological polar surface area (TPSA) is 119 Å². The van der Waals surface area contributed by atoms with Crippen LogP contribution in [-0.2, 0) is 15.3 Å². The van der Waals surface area contributed by atoms with Crippen molar-refractivity contribution in [1.82, 2.24) is 19.6 Å². The Kier molecular flexibility index (Phi) is 9.78. The molecule has 1 atom stereocenters. The molecule has 5 aromatic rings. The van der Waals surface area contributed by atoms with E-state index in [1.165, 1.54) is 22.7 Å². The highest BCUT2D eigenvalue weighted by molar-refractivity contribution is 8.00. The number of carbonyl (C=O) groups excluding carboxylic acids is 2. The van der Waals surface area contributed by atoms with Gasteiger partial charge in [-0.1, -0.05) is 67.3 Å². The van der Waals surface area contributed by atoms with Crippen LogP contribution in [0.15, 0.2) is 76.8 Å². The van der Waals surface area contributed by atoms with Crippen LogP contribution in [0.2, 0.25) is 0 Å². The lowest BCUT2D eigenvalue weighted by atomic mass is 9.96. The molecule has 1 amide bonds. The second-order valence-electron chi connectivity index (χ2n) is 11.5. The second-order valence-corrected chi connectivity index (χ2v) is 13.7. The van der Waals surface area contributed by atoms with E-state index in [-0.39, 0.29) is 22.3 Å². The van der Waals surface area contributed by atoms with E-state index >= 15 is 0 Å². The SMILES string of the molecule is CCOc1cc(C2C(=C(O)c3c(C)nc4ccccn34)C(=O)C(=O)N2c2nnc(SCc3ccccc3F)s2)ccc1OCCC(C)C. The molecule has 1 N–H and O–H groups in total. The number of carbonyl (C=O) groups is 2. The van der Waals surface area contributed by atoms with Crippen molar-refractivity contribution < 1.29 is 28.6 Å². The number of aliphatic hydroxyl groups excluding tert-OH is 1. The number of aryl methyl sites for hydroxylation is 1. The van der Waals surface area contributed by atoms with Gasteiger partial charge in [0.2, 0.25) is 5.13 Å². The number of hydrogen-bond donors (Lipinski definition) is 1. The Balaban J connectivity index is 1.45. The van der Waals surface area contributed by atoms with Gasteiger partial charge in [0, 0.05) is 11.9 Å². The van der Waals surface area contributed by atoms with Crippen molar-refractivity contribution in [2.75, 3.05) is 18.1 Å². The molecule has 1 aliphatic heterocycles. The molecule has 1 saturated heterocycles. The molecule has 2 aromatic carbocycles. The molecule has 1 aliphatic rings.